The molecule has 0 bridgehead atoms. The maximum Gasteiger partial charge on any atom is 0.330 e. The molecule has 1 heterocycles. The molecule has 0 aliphatic heterocycles. The minimum atomic E-state index is -0.106. The molecule has 0 unspecified atom stereocenters. The summed E-state index contributed by atoms with van der Waals surface area (Å²) in [5.41, 5.74) is 8.19. The molecule has 1 saturated carbocycles. The van der Waals surface area contributed by atoms with Gasteiger partial charge in [-0.3, -0.25) is 4.57 Å². The highest BCUT2D eigenvalue weighted by atomic mass is 16.1. The van der Waals surface area contributed by atoms with Crippen molar-refractivity contribution < 1.29 is 0 Å². The number of nitrogens with one attached hydrogen (secondary N) is 1. The Morgan fingerprint density at radius 3 is 2.74 bits per heavy atom. The maximum absolute atomic E-state index is 11.7. The van der Waals surface area contributed by atoms with Crippen LogP contribution < -0.4 is 11.4 Å². The van der Waals surface area contributed by atoms with Gasteiger partial charge in [-0.15, -0.1) is 0 Å². The van der Waals surface area contributed by atoms with Crippen LogP contribution in [-0.2, 0) is 5.41 Å². The number of nitrogens with two attached hydrogens (primary N) is 1. The minimum absolute atomic E-state index is 0.106. The average molecular weight is 257 g/mol. The predicted molar refractivity (Wildman–Crippen MR) is 75.6 cm³/mol. The predicted octanol–water partition coefficient (Wildman–Crippen LogP) is 1.94. The molecule has 4 heteroatoms. The molecule has 0 radical (unpaired) electrons. The summed E-state index contributed by atoms with van der Waals surface area (Å²) < 4.78 is 1.63. The fraction of sp³-hybridized carbons (Fsp3) is 0.400. The number of aromatic nitrogens is 2. The Labute approximate surface area is 112 Å². The van der Waals surface area contributed by atoms with Crippen molar-refractivity contribution >= 4 is 0 Å². The van der Waals surface area contributed by atoms with E-state index in [1.807, 2.05) is 12.1 Å². The van der Waals surface area contributed by atoms with Gasteiger partial charge in [0.2, 0.25) is 0 Å². The standard InChI is InChI=1S/C15H19N3O/c16-11-15(6-1-2-7-15)12-4-3-5-13(10-12)18-9-8-17-14(18)19/h3-5,8-10H,1-2,6-7,11,16H2,(H,17,19). The molecular weight excluding hydrogens is 238 g/mol. The summed E-state index contributed by atoms with van der Waals surface area (Å²) >= 11 is 0. The molecule has 1 aliphatic carbocycles. The largest absolute Gasteiger partial charge is 0.330 e. The van der Waals surface area contributed by atoms with E-state index in [1.54, 1.807) is 17.0 Å². The Morgan fingerprint density at radius 2 is 2.11 bits per heavy atom. The number of benzene rings is 1. The number of aromatic amines is 1. The fourth-order valence-corrected chi connectivity index (χ4v) is 3.17. The van der Waals surface area contributed by atoms with E-state index in [0.29, 0.717) is 6.54 Å². The monoisotopic (exact) mass is 257 g/mol. The highest BCUT2D eigenvalue weighted by Crippen LogP contribution is 2.40. The number of hydrogen-bond donors (Lipinski definition) is 2. The zero-order chi connectivity index (χ0) is 13.3. The van der Waals surface area contributed by atoms with Gasteiger partial charge in [0.15, 0.2) is 0 Å². The van der Waals surface area contributed by atoms with Crippen LogP contribution in [0.15, 0.2) is 41.5 Å². The number of imidazole rings is 1. The van der Waals surface area contributed by atoms with Crippen molar-refractivity contribution in [1.82, 2.24) is 9.55 Å². The van der Waals surface area contributed by atoms with Crippen LogP contribution in [0.3, 0.4) is 0 Å². The summed E-state index contributed by atoms with van der Waals surface area (Å²) in [7, 11) is 0. The Bertz CT molecular complexity index is 620. The van der Waals surface area contributed by atoms with E-state index in [4.69, 9.17) is 5.73 Å². The molecular formula is C15H19N3O. The summed E-state index contributed by atoms with van der Waals surface area (Å²) in [6.45, 7) is 0.679. The van der Waals surface area contributed by atoms with Crippen LogP contribution in [0.1, 0.15) is 31.2 Å². The van der Waals surface area contributed by atoms with Crippen LogP contribution >= 0.6 is 0 Å². The average Bonchev–Trinajstić information content (AvgIpc) is 3.08. The summed E-state index contributed by atoms with van der Waals surface area (Å²) in [5.74, 6) is 0. The Morgan fingerprint density at radius 1 is 1.32 bits per heavy atom. The first kappa shape index (κ1) is 12.2. The molecule has 1 aromatic heterocycles. The van der Waals surface area contributed by atoms with Crippen LogP contribution in [0, 0.1) is 0 Å². The fourth-order valence-electron chi connectivity index (χ4n) is 3.17. The van der Waals surface area contributed by atoms with Crippen LogP contribution in [0.2, 0.25) is 0 Å². The molecule has 0 spiro atoms. The van der Waals surface area contributed by atoms with E-state index >= 15 is 0 Å². The lowest BCUT2D eigenvalue weighted by atomic mass is 9.79. The first-order valence-electron chi connectivity index (χ1n) is 6.82. The molecule has 3 N–H and O–H groups in total. The second-order valence-corrected chi connectivity index (χ2v) is 5.38. The second-order valence-electron chi connectivity index (χ2n) is 5.38. The van der Waals surface area contributed by atoms with Gasteiger partial charge in [0.25, 0.3) is 0 Å². The van der Waals surface area contributed by atoms with E-state index < -0.39 is 0 Å². The van der Waals surface area contributed by atoms with E-state index in [9.17, 15) is 4.79 Å². The highest BCUT2D eigenvalue weighted by molar-refractivity contribution is 5.40. The van der Waals surface area contributed by atoms with Crippen molar-refractivity contribution in [2.75, 3.05) is 6.54 Å². The smallest absolute Gasteiger partial charge is 0.330 e. The lowest BCUT2D eigenvalue weighted by molar-refractivity contribution is 0.453. The van der Waals surface area contributed by atoms with Gasteiger partial charge in [0.1, 0.15) is 0 Å². The molecule has 1 fully saturated rings. The van der Waals surface area contributed by atoms with Crippen molar-refractivity contribution in [2.24, 2.45) is 5.73 Å². The van der Waals surface area contributed by atoms with Crippen molar-refractivity contribution in [1.29, 1.82) is 0 Å². The molecule has 1 aliphatic rings. The normalized spacial score (nSPS) is 17.7. The lowest BCUT2D eigenvalue weighted by Crippen LogP contribution is -2.32. The van der Waals surface area contributed by atoms with Crippen LogP contribution in [-0.4, -0.2) is 16.1 Å². The summed E-state index contributed by atoms with van der Waals surface area (Å²) in [6, 6.07) is 8.21. The van der Waals surface area contributed by atoms with E-state index in [-0.39, 0.29) is 11.1 Å². The topological polar surface area (TPSA) is 63.8 Å². The summed E-state index contributed by atoms with van der Waals surface area (Å²) in [4.78, 5) is 14.3. The van der Waals surface area contributed by atoms with E-state index in [2.05, 4.69) is 17.1 Å². The SMILES string of the molecule is NCC1(c2cccc(-n3cc[nH]c3=O)c2)CCCC1. The number of H-pyrrole nitrogens is 1. The zero-order valence-electron chi connectivity index (χ0n) is 10.9. The molecule has 4 nitrogen and oxygen atoms in total. The highest BCUT2D eigenvalue weighted by Gasteiger charge is 2.34. The number of nitrogens with zero attached hydrogens (tertiary/aromatic N) is 1. The lowest BCUT2D eigenvalue weighted by Gasteiger charge is -2.28. The van der Waals surface area contributed by atoms with Gasteiger partial charge in [-0.1, -0.05) is 25.0 Å². The van der Waals surface area contributed by atoms with Crippen molar-refractivity contribution in [3.63, 3.8) is 0 Å². The Hall–Kier alpha value is -1.81. The van der Waals surface area contributed by atoms with Gasteiger partial charge in [-0.05, 0) is 30.5 Å². The molecule has 2 aromatic rings. The Balaban J connectivity index is 2.05. The van der Waals surface area contributed by atoms with Gasteiger partial charge in [0, 0.05) is 24.4 Å². The van der Waals surface area contributed by atoms with Gasteiger partial charge in [-0.2, -0.15) is 0 Å². The van der Waals surface area contributed by atoms with Crippen LogP contribution in [0.25, 0.3) is 5.69 Å². The van der Waals surface area contributed by atoms with Crippen molar-refractivity contribution in [2.45, 2.75) is 31.1 Å². The third-order valence-electron chi connectivity index (χ3n) is 4.34. The van der Waals surface area contributed by atoms with E-state index in [1.165, 1.54) is 18.4 Å². The van der Waals surface area contributed by atoms with Gasteiger partial charge in [0.05, 0.1) is 5.69 Å². The van der Waals surface area contributed by atoms with Gasteiger partial charge < -0.3 is 10.7 Å². The van der Waals surface area contributed by atoms with Crippen LogP contribution in [0.4, 0.5) is 0 Å². The van der Waals surface area contributed by atoms with Gasteiger partial charge in [-0.25, -0.2) is 4.79 Å². The van der Waals surface area contributed by atoms with E-state index in [0.717, 1.165) is 18.5 Å². The molecule has 100 valence electrons. The summed E-state index contributed by atoms with van der Waals surface area (Å²) in [6.07, 6.45) is 8.19. The third-order valence-corrected chi connectivity index (χ3v) is 4.34. The van der Waals surface area contributed by atoms with Gasteiger partial charge >= 0.3 is 5.69 Å². The minimum Gasteiger partial charge on any atom is -0.330 e. The quantitative estimate of drug-likeness (QED) is 0.882. The molecule has 0 saturated heterocycles. The van der Waals surface area contributed by atoms with Crippen molar-refractivity contribution in [3.8, 4) is 5.69 Å². The zero-order valence-corrected chi connectivity index (χ0v) is 10.9. The molecule has 3 rings (SSSR count). The Kier molecular flexibility index (Phi) is 3.03. The summed E-state index contributed by atoms with van der Waals surface area (Å²) in [5, 5.41) is 0. The first-order chi connectivity index (χ1) is 9.25. The molecule has 1 aromatic carbocycles. The molecule has 0 amide bonds. The first-order valence-corrected chi connectivity index (χ1v) is 6.82. The van der Waals surface area contributed by atoms with Crippen LogP contribution in [0.5, 0.6) is 0 Å². The second kappa shape index (κ2) is 4.70. The number of rotatable bonds is 3. The number of hydrogen-bond acceptors (Lipinski definition) is 2. The molecule has 19 heavy (non-hydrogen) atoms. The molecule has 0 atom stereocenters. The van der Waals surface area contributed by atoms with Crippen molar-refractivity contribution in [3.05, 3.63) is 52.7 Å². The third kappa shape index (κ3) is 2.02. The maximum atomic E-state index is 11.7.